The van der Waals surface area contributed by atoms with Crippen LogP contribution in [-0.4, -0.2) is 40.2 Å². The molecule has 1 aromatic heterocycles. The number of amides is 1. The number of carbonyl (C=O) groups is 1. The number of rotatable bonds is 5. The molecule has 1 aliphatic rings. The topological polar surface area (TPSA) is 50.2 Å². The maximum absolute atomic E-state index is 12.8. The van der Waals surface area contributed by atoms with Gasteiger partial charge in [-0.25, -0.2) is 0 Å². The summed E-state index contributed by atoms with van der Waals surface area (Å²) in [4.78, 5) is 14.6. The van der Waals surface area contributed by atoms with Gasteiger partial charge in [0, 0.05) is 43.9 Å². The highest BCUT2D eigenvalue weighted by atomic mass is 16.2. The molecule has 23 heavy (non-hydrogen) atoms. The molecule has 0 atom stereocenters. The van der Waals surface area contributed by atoms with Crippen LogP contribution < -0.4 is 5.32 Å². The molecule has 1 aliphatic heterocycles. The van der Waals surface area contributed by atoms with Crippen molar-refractivity contribution in [3.63, 3.8) is 0 Å². The van der Waals surface area contributed by atoms with Crippen molar-refractivity contribution in [2.75, 3.05) is 19.6 Å². The van der Waals surface area contributed by atoms with Crippen LogP contribution in [0.1, 0.15) is 41.2 Å². The van der Waals surface area contributed by atoms with Gasteiger partial charge < -0.3 is 10.2 Å². The van der Waals surface area contributed by atoms with E-state index in [9.17, 15) is 4.79 Å². The first kappa shape index (κ1) is 15.7. The fourth-order valence-electron chi connectivity index (χ4n) is 3.14. The van der Waals surface area contributed by atoms with Crippen molar-refractivity contribution >= 4 is 5.91 Å². The molecule has 1 N–H and O–H groups in total. The lowest BCUT2D eigenvalue weighted by Crippen LogP contribution is -2.32. The molecule has 122 valence electrons. The molecule has 0 spiro atoms. The molecule has 0 aliphatic carbocycles. The van der Waals surface area contributed by atoms with Crippen molar-refractivity contribution in [3.05, 3.63) is 52.8 Å². The minimum absolute atomic E-state index is 0.0433. The summed E-state index contributed by atoms with van der Waals surface area (Å²) in [7, 11) is 0. The van der Waals surface area contributed by atoms with Crippen LogP contribution in [0.25, 0.3) is 0 Å². The number of hydrogen-bond donors (Lipinski definition) is 1. The van der Waals surface area contributed by atoms with Crippen molar-refractivity contribution in [2.24, 2.45) is 0 Å². The second-order valence-electron chi connectivity index (χ2n) is 5.82. The molecule has 0 saturated carbocycles. The summed E-state index contributed by atoms with van der Waals surface area (Å²) in [6.07, 6.45) is 0.917. The zero-order valence-corrected chi connectivity index (χ0v) is 13.9. The summed E-state index contributed by atoms with van der Waals surface area (Å²) in [5, 5.41) is 8.05. The van der Waals surface area contributed by atoms with Gasteiger partial charge in [-0.15, -0.1) is 0 Å². The van der Waals surface area contributed by atoms with E-state index in [-0.39, 0.29) is 5.91 Å². The first-order valence-corrected chi connectivity index (χ1v) is 8.37. The number of fused-ring (bicyclic) bond motifs is 1. The molecule has 2 aromatic rings. The third-order valence-electron chi connectivity index (χ3n) is 4.44. The van der Waals surface area contributed by atoms with E-state index in [1.165, 1.54) is 11.3 Å². The van der Waals surface area contributed by atoms with Crippen molar-refractivity contribution in [1.82, 2.24) is 20.0 Å². The van der Waals surface area contributed by atoms with Gasteiger partial charge in [0.25, 0.3) is 5.91 Å². The summed E-state index contributed by atoms with van der Waals surface area (Å²) in [6, 6.07) is 10.3. The number of carbonyl (C=O) groups excluding carboxylic acids is 1. The lowest BCUT2D eigenvalue weighted by molar-refractivity contribution is 0.0765. The highest BCUT2D eigenvalue weighted by molar-refractivity contribution is 5.94. The van der Waals surface area contributed by atoms with Crippen LogP contribution in [0.4, 0.5) is 0 Å². The molecule has 1 aromatic carbocycles. The van der Waals surface area contributed by atoms with Crippen molar-refractivity contribution in [3.8, 4) is 0 Å². The van der Waals surface area contributed by atoms with Crippen LogP contribution in [0.2, 0.25) is 0 Å². The van der Waals surface area contributed by atoms with E-state index in [4.69, 9.17) is 0 Å². The Morgan fingerprint density at radius 2 is 2.00 bits per heavy atom. The van der Waals surface area contributed by atoms with Crippen molar-refractivity contribution in [2.45, 2.75) is 33.4 Å². The Labute approximate surface area is 137 Å². The normalized spacial score (nSPS) is 13.7. The van der Waals surface area contributed by atoms with Crippen LogP contribution in [0.15, 0.2) is 30.3 Å². The highest BCUT2D eigenvalue weighted by Gasteiger charge is 2.26. The second-order valence-corrected chi connectivity index (χ2v) is 5.82. The number of benzene rings is 1. The zero-order valence-electron chi connectivity index (χ0n) is 13.9. The quantitative estimate of drug-likeness (QED) is 0.919. The largest absolute Gasteiger partial charge is 0.338 e. The van der Waals surface area contributed by atoms with Gasteiger partial charge in [-0.2, -0.15) is 5.10 Å². The molecule has 0 fully saturated rings. The SMILES string of the molecule is CCN(CC)C(=O)c1nn(Cc2ccccc2)c2c1CNCC2. The summed E-state index contributed by atoms with van der Waals surface area (Å²) in [6.45, 7) is 7.82. The molecular formula is C18H24N4O. The predicted molar refractivity (Wildman–Crippen MR) is 90.4 cm³/mol. The molecule has 0 radical (unpaired) electrons. The third-order valence-corrected chi connectivity index (χ3v) is 4.44. The molecule has 5 nitrogen and oxygen atoms in total. The third kappa shape index (κ3) is 3.15. The Hall–Kier alpha value is -2.14. The second kappa shape index (κ2) is 6.96. The average Bonchev–Trinajstić information content (AvgIpc) is 2.96. The molecule has 3 rings (SSSR count). The lowest BCUT2D eigenvalue weighted by atomic mass is 10.1. The van der Waals surface area contributed by atoms with E-state index in [0.29, 0.717) is 25.3 Å². The average molecular weight is 312 g/mol. The van der Waals surface area contributed by atoms with Crippen LogP contribution >= 0.6 is 0 Å². The van der Waals surface area contributed by atoms with Crippen molar-refractivity contribution < 1.29 is 4.79 Å². The first-order valence-electron chi connectivity index (χ1n) is 8.37. The van der Waals surface area contributed by atoms with E-state index in [1.807, 2.05) is 41.6 Å². The number of nitrogens with one attached hydrogen (secondary N) is 1. The van der Waals surface area contributed by atoms with Crippen LogP contribution in [0.3, 0.4) is 0 Å². The van der Waals surface area contributed by atoms with Gasteiger partial charge in [-0.1, -0.05) is 30.3 Å². The summed E-state index contributed by atoms with van der Waals surface area (Å²) in [5.74, 6) is 0.0433. The van der Waals surface area contributed by atoms with Gasteiger partial charge in [-0.05, 0) is 19.4 Å². The van der Waals surface area contributed by atoms with Crippen LogP contribution in [-0.2, 0) is 19.5 Å². The van der Waals surface area contributed by atoms with Gasteiger partial charge in [-0.3, -0.25) is 9.48 Å². The minimum Gasteiger partial charge on any atom is -0.338 e. The fourth-order valence-corrected chi connectivity index (χ4v) is 3.14. The van der Waals surface area contributed by atoms with E-state index >= 15 is 0 Å². The zero-order chi connectivity index (χ0) is 16.2. The lowest BCUT2D eigenvalue weighted by Gasteiger charge is -2.19. The Balaban J connectivity index is 1.96. The summed E-state index contributed by atoms with van der Waals surface area (Å²) in [5.41, 5.74) is 4.09. The maximum Gasteiger partial charge on any atom is 0.274 e. The standard InChI is InChI=1S/C18H24N4O/c1-3-21(4-2)18(23)17-15-12-19-11-10-16(15)22(20-17)13-14-8-6-5-7-9-14/h5-9,19H,3-4,10-13H2,1-2H3. The van der Waals surface area contributed by atoms with Gasteiger partial charge in [0.2, 0.25) is 0 Å². The Bertz CT molecular complexity index is 674. The summed E-state index contributed by atoms with van der Waals surface area (Å²) < 4.78 is 2.02. The van der Waals surface area contributed by atoms with E-state index < -0.39 is 0 Å². The monoisotopic (exact) mass is 312 g/mol. The molecule has 0 bridgehead atoms. The Morgan fingerprint density at radius 3 is 2.70 bits per heavy atom. The predicted octanol–water partition coefficient (Wildman–Crippen LogP) is 2.06. The number of nitrogens with zero attached hydrogens (tertiary/aromatic N) is 3. The molecular weight excluding hydrogens is 288 g/mol. The van der Waals surface area contributed by atoms with Gasteiger partial charge >= 0.3 is 0 Å². The minimum atomic E-state index is 0.0433. The Kier molecular flexibility index (Phi) is 4.76. The fraction of sp³-hybridized carbons (Fsp3) is 0.444. The van der Waals surface area contributed by atoms with Crippen molar-refractivity contribution in [1.29, 1.82) is 0 Å². The molecule has 5 heteroatoms. The van der Waals surface area contributed by atoms with E-state index in [0.717, 1.165) is 25.1 Å². The molecule has 0 unspecified atom stereocenters. The van der Waals surface area contributed by atoms with E-state index in [1.54, 1.807) is 0 Å². The van der Waals surface area contributed by atoms with Gasteiger partial charge in [0.05, 0.1) is 6.54 Å². The Morgan fingerprint density at radius 1 is 1.26 bits per heavy atom. The smallest absolute Gasteiger partial charge is 0.274 e. The highest BCUT2D eigenvalue weighted by Crippen LogP contribution is 2.21. The van der Waals surface area contributed by atoms with Gasteiger partial charge in [0.1, 0.15) is 0 Å². The molecule has 0 saturated heterocycles. The first-order chi connectivity index (χ1) is 11.2. The molecule has 1 amide bonds. The summed E-state index contributed by atoms with van der Waals surface area (Å²) >= 11 is 0. The molecule has 2 heterocycles. The number of aromatic nitrogens is 2. The number of hydrogen-bond acceptors (Lipinski definition) is 3. The van der Waals surface area contributed by atoms with E-state index in [2.05, 4.69) is 22.5 Å². The van der Waals surface area contributed by atoms with Gasteiger partial charge in [0.15, 0.2) is 5.69 Å². The maximum atomic E-state index is 12.8. The van der Waals surface area contributed by atoms with Crippen LogP contribution in [0, 0.1) is 0 Å². The van der Waals surface area contributed by atoms with Crippen LogP contribution in [0.5, 0.6) is 0 Å².